The van der Waals surface area contributed by atoms with Crippen molar-refractivity contribution in [1.82, 2.24) is 15.5 Å². The fourth-order valence-corrected chi connectivity index (χ4v) is 4.12. The number of ether oxygens (including phenoxy) is 1. The average Bonchev–Trinajstić information content (AvgIpc) is 2.90. The molecule has 0 fully saturated rings. The van der Waals surface area contributed by atoms with Crippen LogP contribution in [0.25, 0.3) is 0 Å². The van der Waals surface area contributed by atoms with Crippen LogP contribution in [0.5, 0.6) is 0 Å². The zero-order chi connectivity index (χ0) is 27.5. The van der Waals surface area contributed by atoms with Gasteiger partial charge >= 0.3 is 12.1 Å². The fourth-order valence-electron chi connectivity index (χ4n) is 4.12. The smallest absolute Gasteiger partial charge is 0.407 e. The molecule has 7 heteroatoms. The first-order valence-corrected chi connectivity index (χ1v) is 13.0. The minimum absolute atomic E-state index is 0.00837. The van der Waals surface area contributed by atoms with Crippen LogP contribution in [0, 0.1) is 0 Å². The molecule has 0 aromatic heterocycles. The summed E-state index contributed by atoms with van der Waals surface area (Å²) in [6, 6.07) is 27.4. The molecule has 3 N–H and O–H groups in total. The number of carbonyl (C=O) groups excluding carboxylic acids is 2. The molecule has 38 heavy (non-hydrogen) atoms. The molecule has 0 aliphatic carbocycles. The second-order valence-electron chi connectivity index (χ2n) is 10.5. The summed E-state index contributed by atoms with van der Waals surface area (Å²) < 4.78 is 5.43. The van der Waals surface area contributed by atoms with Gasteiger partial charge in [0.2, 0.25) is 0 Å². The number of alkyl carbamates (subject to hydrolysis) is 1. The number of nitrogens with zero attached hydrogens (tertiary/aromatic N) is 1. The Kier molecular flexibility index (Phi) is 10.3. The van der Waals surface area contributed by atoms with Gasteiger partial charge in [-0.05, 0) is 50.8 Å². The summed E-state index contributed by atoms with van der Waals surface area (Å²) in [6.45, 7) is 7.79. The summed E-state index contributed by atoms with van der Waals surface area (Å²) in [7, 11) is 0. The number of nitrogens with one attached hydrogen (secondary N) is 2. The first-order valence-electron chi connectivity index (χ1n) is 13.0. The summed E-state index contributed by atoms with van der Waals surface area (Å²) in [6.07, 6.45) is -1.32. The lowest BCUT2D eigenvalue weighted by Crippen LogP contribution is -2.55. The number of hydrogen-bond acceptors (Lipinski definition) is 4. The Morgan fingerprint density at radius 2 is 1.39 bits per heavy atom. The Labute approximate surface area is 225 Å². The number of rotatable bonds is 10. The number of aliphatic hydroxyl groups excluding tert-OH is 1. The lowest BCUT2D eigenvalue weighted by molar-refractivity contribution is 0.0682. The zero-order valence-corrected chi connectivity index (χ0v) is 22.6. The second kappa shape index (κ2) is 13.6. The number of aliphatic hydroxyl groups is 1. The van der Waals surface area contributed by atoms with Crippen LogP contribution in [0.2, 0.25) is 0 Å². The van der Waals surface area contributed by atoms with Crippen LogP contribution < -0.4 is 10.6 Å². The lowest BCUT2D eigenvalue weighted by atomic mass is 9.99. The van der Waals surface area contributed by atoms with E-state index in [1.165, 1.54) is 0 Å². The van der Waals surface area contributed by atoms with E-state index in [2.05, 4.69) is 10.6 Å². The third kappa shape index (κ3) is 9.23. The second-order valence-corrected chi connectivity index (χ2v) is 10.5. The number of hydrogen-bond donors (Lipinski definition) is 3. The highest BCUT2D eigenvalue weighted by Crippen LogP contribution is 2.22. The summed E-state index contributed by atoms with van der Waals surface area (Å²) in [5, 5.41) is 17.3. The van der Waals surface area contributed by atoms with Crippen molar-refractivity contribution in [1.29, 1.82) is 0 Å². The molecule has 3 amide bonds. The Morgan fingerprint density at radius 1 is 0.868 bits per heavy atom. The number of urea groups is 1. The molecule has 0 spiro atoms. The van der Waals surface area contributed by atoms with Crippen LogP contribution in [0.1, 0.15) is 50.4 Å². The molecule has 0 heterocycles. The van der Waals surface area contributed by atoms with Crippen molar-refractivity contribution in [3.8, 4) is 0 Å². The third-order valence-electron chi connectivity index (χ3n) is 6.15. The molecular formula is C31H39N3O4. The Hall–Kier alpha value is -3.84. The van der Waals surface area contributed by atoms with Gasteiger partial charge in [0.15, 0.2) is 0 Å². The Bertz CT molecular complexity index is 1130. The quantitative estimate of drug-likeness (QED) is 0.333. The van der Waals surface area contributed by atoms with E-state index in [-0.39, 0.29) is 25.2 Å². The highest BCUT2D eigenvalue weighted by atomic mass is 16.5. The van der Waals surface area contributed by atoms with E-state index < -0.39 is 23.8 Å². The van der Waals surface area contributed by atoms with Gasteiger partial charge in [0.05, 0.1) is 24.7 Å². The highest BCUT2D eigenvalue weighted by Gasteiger charge is 2.31. The summed E-state index contributed by atoms with van der Waals surface area (Å²) in [4.78, 5) is 27.7. The molecule has 3 aromatic rings. The maximum atomic E-state index is 13.4. The molecule has 202 valence electrons. The van der Waals surface area contributed by atoms with E-state index in [1.54, 1.807) is 4.90 Å². The van der Waals surface area contributed by atoms with E-state index >= 15 is 0 Å². The normalized spacial score (nSPS) is 13.6. The molecule has 0 bridgehead atoms. The Morgan fingerprint density at radius 3 is 1.95 bits per heavy atom. The molecule has 0 saturated carbocycles. The summed E-state index contributed by atoms with van der Waals surface area (Å²) in [5.74, 6) is 0. The lowest BCUT2D eigenvalue weighted by Gasteiger charge is -2.36. The molecule has 0 saturated heterocycles. The van der Waals surface area contributed by atoms with Crippen molar-refractivity contribution < 1.29 is 19.4 Å². The SMILES string of the molecule is C[C@H](c1ccccc1)N(C[C@@H](O)[C@H](Cc1ccccc1)NC(=O)OCc1ccccc1)C(=O)NC(C)(C)C. The van der Waals surface area contributed by atoms with Crippen LogP contribution in [-0.2, 0) is 17.8 Å². The predicted molar refractivity (Wildman–Crippen MR) is 150 cm³/mol. The monoisotopic (exact) mass is 517 g/mol. The molecule has 7 nitrogen and oxygen atoms in total. The summed E-state index contributed by atoms with van der Waals surface area (Å²) in [5.41, 5.74) is 2.30. The van der Waals surface area contributed by atoms with Gasteiger partial charge in [-0.25, -0.2) is 9.59 Å². The van der Waals surface area contributed by atoms with Gasteiger partial charge in [-0.15, -0.1) is 0 Å². The first kappa shape index (κ1) is 28.7. The van der Waals surface area contributed by atoms with Gasteiger partial charge in [0.25, 0.3) is 0 Å². The highest BCUT2D eigenvalue weighted by molar-refractivity contribution is 5.75. The number of benzene rings is 3. The minimum atomic E-state index is -1.06. The maximum Gasteiger partial charge on any atom is 0.407 e. The van der Waals surface area contributed by atoms with Gasteiger partial charge in [0.1, 0.15) is 6.61 Å². The Balaban J connectivity index is 1.79. The molecule has 3 atom stereocenters. The molecule has 3 aromatic carbocycles. The van der Waals surface area contributed by atoms with Gasteiger partial charge < -0.3 is 25.4 Å². The third-order valence-corrected chi connectivity index (χ3v) is 6.15. The van der Waals surface area contributed by atoms with Gasteiger partial charge in [0, 0.05) is 5.54 Å². The van der Waals surface area contributed by atoms with Crippen molar-refractivity contribution in [3.63, 3.8) is 0 Å². The fraction of sp³-hybridized carbons (Fsp3) is 0.355. The van der Waals surface area contributed by atoms with E-state index in [1.807, 2.05) is 119 Å². The van der Waals surface area contributed by atoms with Crippen molar-refractivity contribution in [3.05, 3.63) is 108 Å². The molecule has 3 rings (SSSR count). The molecule has 0 aliphatic rings. The first-order chi connectivity index (χ1) is 18.1. The molecular weight excluding hydrogens is 478 g/mol. The largest absolute Gasteiger partial charge is 0.445 e. The van der Waals surface area contributed by atoms with Gasteiger partial charge in [-0.3, -0.25) is 0 Å². The molecule has 0 aliphatic heterocycles. The van der Waals surface area contributed by atoms with E-state index in [4.69, 9.17) is 4.74 Å². The maximum absolute atomic E-state index is 13.4. The van der Waals surface area contributed by atoms with Gasteiger partial charge in [-0.1, -0.05) is 91.0 Å². The van der Waals surface area contributed by atoms with Crippen LogP contribution in [0.4, 0.5) is 9.59 Å². The van der Waals surface area contributed by atoms with E-state index in [0.29, 0.717) is 6.42 Å². The van der Waals surface area contributed by atoms with Gasteiger partial charge in [-0.2, -0.15) is 0 Å². The van der Waals surface area contributed by atoms with Crippen molar-refractivity contribution in [2.24, 2.45) is 0 Å². The summed E-state index contributed by atoms with van der Waals surface area (Å²) >= 11 is 0. The molecule has 0 radical (unpaired) electrons. The average molecular weight is 518 g/mol. The van der Waals surface area contributed by atoms with Crippen molar-refractivity contribution in [2.75, 3.05) is 6.54 Å². The zero-order valence-electron chi connectivity index (χ0n) is 22.6. The van der Waals surface area contributed by atoms with Crippen molar-refractivity contribution in [2.45, 2.75) is 64.4 Å². The number of amides is 3. The number of carbonyl (C=O) groups is 2. The topological polar surface area (TPSA) is 90.9 Å². The molecule has 0 unspecified atom stereocenters. The van der Waals surface area contributed by atoms with E-state index in [0.717, 1.165) is 16.7 Å². The van der Waals surface area contributed by atoms with Crippen LogP contribution in [0.15, 0.2) is 91.0 Å². The predicted octanol–water partition coefficient (Wildman–Crippen LogP) is 5.46. The van der Waals surface area contributed by atoms with Crippen LogP contribution >= 0.6 is 0 Å². The van der Waals surface area contributed by atoms with Crippen LogP contribution in [0.3, 0.4) is 0 Å². The standard InChI is InChI=1S/C31H39N3O4/c1-23(26-18-12-7-13-19-26)34(29(36)33-31(2,3)4)21-28(35)27(20-24-14-8-5-9-15-24)32-30(37)38-22-25-16-10-6-11-17-25/h5-19,23,27-28,35H,20-22H2,1-4H3,(H,32,37)(H,33,36)/t23-,27+,28-/m1/s1. The van der Waals surface area contributed by atoms with Crippen LogP contribution in [-0.4, -0.2) is 46.4 Å². The van der Waals surface area contributed by atoms with Crippen molar-refractivity contribution >= 4 is 12.1 Å². The minimum Gasteiger partial charge on any atom is -0.445 e. The van der Waals surface area contributed by atoms with E-state index in [9.17, 15) is 14.7 Å².